The maximum atomic E-state index is 12.2. The Hall–Kier alpha value is -3.03. The first kappa shape index (κ1) is 21.7. The molecule has 3 rings (SSSR count). The summed E-state index contributed by atoms with van der Waals surface area (Å²) in [5.74, 6) is -0.186. The van der Waals surface area contributed by atoms with Gasteiger partial charge in [-0.15, -0.1) is 0 Å². The van der Waals surface area contributed by atoms with E-state index in [2.05, 4.69) is 37.0 Å². The van der Waals surface area contributed by atoms with Gasteiger partial charge in [0.25, 0.3) is 5.56 Å². The minimum Gasteiger partial charge on any atom is -0.267 e. The quantitative estimate of drug-likeness (QED) is 0.610. The lowest BCUT2D eigenvalue weighted by Gasteiger charge is -2.21. The van der Waals surface area contributed by atoms with Crippen molar-refractivity contribution in [3.8, 4) is 11.1 Å². The van der Waals surface area contributed by atoms with Gasteiger partial charge in [0.05, 0.1) is 11.3 Å². The molecule has 2 aromatic carbocycles. The first-order valence-electron chi connectivity index (χ1n) is 9.48. The van der Waals surface area contributed by atoms with Crippen molar-refractivity contribution < 1.29 is 8.42 Å². The highest BCUT2D eigenvalue weighted by molar-refractivity contribution is 7.88. The number of aromatic amines is 1. The van der Waals surface area contributed by atoms with E-state index in [1.807, 2.05) is 36.4 Å². The van der Waals surface area contributed by atoms with E-state index in [9.17, 15) is 13.2 Å². The zero-order chi connectivity index (χ0) is 21.9. The summed E-state index contributed by atoms with van der Waals surface area (Å²) in [5.41, 5.74) is 4.72. The summed E-state index contributed by atoms with van der Waals surface area (Å²) < 4.78 is 22.4. The van der Waals surface area contributed by atoms with Crippen molar-refractivity contribution in [2.24, 2.45) is 5.14 Å². The van der Waals surface area contributed by atoms with E-state index in [1.165, 1.54) is 0 Å². The van der Waals surface area contributed by atoms with Crippen molar-refractivity contribution in [1.82, 2.24) is 10.2 Å². The molecule has 0 aliphatic rings. The standard InChI is InChI=1S/C23H25N3O3S/c1-23(2,3)20-13-18(12-19(14-20)21-10-11-25-26-22(21)27)9-6-16-4-7-17(8-5-16)15-30(24,28)29/h4-14H,15H2,1-3H3,(H,26,27)(H2,24,28,29). The van der Waals surface area contributed by atoms with Crippen molar-refractivity contribution in [3.63, 3.8) is 0 Å². The molecule has 6 nitrogen and oxygen atoms in total. The number of H-pyrrole nitrogens is 1. The Kier molecular flexibility index (Phi) is 6.05. The fourth-order valence-corrected chi connectivity index (χ4v) is 3.71. The lowest BCUT2D eigenvalue weighted by atomic mass is 9.84. The van der Waals surface area contributed by atoms with Crippen LogP contribution in [-0.2, 0) is 21.2 Å². The van der Waals surface area contributed by atoms with Gasteiger partial charge in [0.15, 0.2) is 0 Å². The topological polar surface area (TPSA) is 106 Å². The smallest absolute Gasteiger partial charge is 0.267 e. The third-order valence-electron chi connectivity index (χ3n) is 4.67. The molecule has 1 heterocycles. The van der Waals surface area contributed by atoms with Crippen LogP contribution in [0.5, 0.6) is 0 Å². The van der Waals surface area contributed by atoms with Gasteiger partial charge in [-0.25, -0.2) is 18.7 Å². The summed E-state index contributed by atoms with van der Waals surface area (Å²) in [6.07, 6.45) is 5.49. The molecule has 0 bridgehead atoms. The van der Waals surface area contributed by atoms with Crippen molar-refractivity contribution in [3.05, 3.63) is 87.3 Å². The Labute approximate surface area is 176 Å². The van der Waals surface area contributed by atoms with Crippen LogP contribution >= 0.6 is 0 Å². The van der Waals surface area contributed by atoms with Gasteiger partial charge < -0.3 is 0 Å². The van der Waals surface area contributed by atoms with Gasteiger partial charge in [0.2, 0.25) is 10.0 Å². The molecule has 0 fully saturated rings. The number of benzene rings is 2. The van der Waals surface area contributed by atoms with E-state index >= 15 is 0 Å². The van der Waals surface area contributed by atoms with Crippen LogP contribution < -0.4 is 10.7 Å². The van der Waals surface area contributed by atoms with Gasteiger partial charge in [0, 0.05) is 6.20 Å². The summed E-state index contributed by atoms with van der Waals surface area (Å²) in [4.78, 5) is 12.2. The third-order valence-corrected chi connectivity index (χ3v) is 5.41. The second-order valence-electron chi connectivity index (χ2n) is 8.28. The molecule has 0 aliphatic heterocycles. The van der Waals surface area contributed by atoms with Gasteiger partial charge in [-0.05, 0) is 45.4 Å². The molecule has 30 heavy (non-hydrogen) atoms. The highest BCUT2D eigenvalue weighted by atomic mass is 32.2. The minimum atomic E-state index is -3.55. The van der Waals surface area contributed by atoms with E-state index in [4.69, 9.17) is 5.14 Å². The fraction of sp³-hybridized carbons (Fsp3) is 0.217. The summed E-state index contributed by atoms with van der Waals surface area (Å²) in [7, 11) is -3.55. The predicted octanol–water partition coefficient (Wildman–Crippen LogP) is 3.69. The number of nitrogens with two attached hydrogens (primary N) is 1. The predicted molar refractivity (Wildman–Crippen MR) is 121 cm³/mol. The molecule has 1 aromatic heterocycles. The molecule has 0 saturated heterocycles. The number of nitrogens with one attached hydrogen (secondary N) is 1. The molecular formula is C23H25N3O3S. The molecule has 156 valence electrons. The lowest BCUT2D eigenvalue weighted by molar-refractivity contribution is 0.590. The van der Waals surface area contributed by atoms with Crippen LogP contribution in [0.3, 0.4) is 0 Å². The molecule has 0 radical (unpaired) electrons. The summed E-state index contributed by atoms with van der Waals surface area (Å²) in [6.45, 7) is 6.38. The highest BCUT2D eigenvalue weighted by Crippen LogP contribution is 2.29. The van der Waals surface area contributed by atoms with Crippen molar-refractivity contribution in [2.75, 3.05) is 0 Å². The Balaban J connectivity index is 1.96. The number of aromatic nitrogens is 2. The Bertz CT molecular complexity index is 1240. The average molecular weight is 424 g/mol. The van der Waals surface area contributed by atoms with Crippen LogP contribution in [0.2, 0.25) is 0 Å². The molecule has 0 aliphatic carbocycles. The highest BCUT2D eigenvalue weighted by Gasteiger charge is 2.16. The van der Waals surface area contributed by atoms with E-state index in [1.54, 1.807) is 24.4 Å². The molecule has 0 unspecified atom stereocenters. The SMILES string of the molecule is CC(C)(C)c1cc(C=Cc2ccc(CS(N)(=O)=O)cc2)cc(-c2ccn[nH]c2=O)c1. The Morgan fingerprint density at radius 3 is 2.27 bits per heavy atom. The van der Waals surface area contributed by atoms with Crippen LogP contribution in [0.4, 0.5) is 0 Å². The number of rotatable bonds is 5. The second-order valence-corrected chi connectivity index (χ2v) is 9.89. The molecular weight excluding hydrogens is 398 g/mol. The minimum absolute atomic E-state index is 0.0895. The zero-order valence-corrected chi connectivity index (χ0v) is 18.0. The Morgan fingerprint density at radius 1 is 1.00 bits per heavy atom. The first-order chi connectivity index (χ1) is 14.0. The zero-order valence-electron chi connectivity index (χ0n) is 17.2. The normalized spacial score (nSPS) is 12.4. The molecule has 0 atom stereocenters. The van der Waals surface area contributed by atoms with Crippen LogP contribution in [0.1, 0.15) is 43.0 Å². The summed E-state index contributed by atoms with van der Waals surface area (Å²) >= 11 is 0. The summed E-state index contributed by atoms with van der Waals surface area (Å²) in [6, 6.07) is 15.0. The molecule has 0 spiro atoms. The summed E-state index contributed by atoms with van der Waals surface area (Å²) in [5, 5.41) is 11.3. The second kappa shape index (κ2) is 8.38. The van der Waals surface area contributed by atoms with E-state index in [0.717, 1.165) is 22.3 Å². The third kappa shape index (κ3) is 5.75. The van der Waals surface area contributed by atoms with Crippen molar-refractivity contribution >= 4 is 22.2 Å². The van der Waals surface area contributed by atoms with Crippen LogP contribution in [-0.4, -0.2) is 18.6 Å². The van der Waals surface area contributed by atoms with Crippen molar-refractivity contribution in [1.29, 1.82) is 0 Å². The average Bonchev–Trinajstić information content (AvgIpc) is 2.66. The number of hydrogen-bond donors (Lipinski definition) is 2. The maximum absolute atomic E-state index is 12.2. The van der Waals surface area contributed by atoms with Crippen LogP contribution in [0.25, 0.3) is 23.3 Å². The lowest BCUT2D eigenvalue weighted by Crippen LogP contribution is -2.14. The number of nitrogens with zero attached hydrogens (tertiary/aromatic N) is 1. The number of sulfonamides is 1. The van der Waals surface area contributed by atoms with Crippen LogP contribution in [0, 0.1) is 0 Å². The molecule has 3 aromatic rings. The molecule has 0 amide bonds. The number of primary sulfonamides is 1. The van der Waals surface area contributed by atoms with Crippen molar-refractivity contribution in [2.45, 2.75) is 31.9 Å². The van der Waals surface area contributed by atoms with Crippen LogP contribution in [0.15, 0.2) is 59.5 Å². The maximum Gasteiger partial charge on any atom is 0.272 e. The largest absolute Gasteiger partial charge is 0.272 e. The van der Waals surface area contributed by atoms with E-state index in [-0.39, 0.29) is 16.7 Å². The first-order valence-corrected chi connectivity index (χ1v) is 11.2. The monoisotopic (exact) mass is 423 g/mol. The van der Waals surface area contributed by atoms with Gasteiger partial charge in [-0.3, -0.25) is 4.79 Å². The van der Waals surface area contributed by atoms with E-state index in [0.29, 0.717) is 11.1 Å². The Morgan fingerprint density at radius 2 is 1.67 bits per heavy atom. The van der Waals surface area contributed by atoms with E-state index < -0.39 is 10.0 Å². The molecule has 3 N–H and O–H groups in total. The molecule has 7 heteroatoms. The number of hydrogen-bond acceptors (Lipinski definition) is 4. The molecule has 0 saturated carbocycles. The van der Waals surface area contributed by atoms with Gasteiger partial charge in [0.1, 0.15) is 0 Å². The van der Waals surface area contributed by atoms with Gasteiger partial charge in [-0.1, -0.05) is 69.3 Å². The van der Waals surface area contributed by atoms with Gasteiger partial charge in [-0.2, -0.15) is 5.10 Å². The fourth-order valence-electron chi connectivity index (χ4n) is 3.06. The van der Waals surface area contributed by atoms with Gasteiger partial charge >= 0.3 is 0 Å².